The summed E-state index contributed by atoms with van der Waals surface area (Å²) < 4.78 is 1.14. The second-order valence-electron chi connectivity index (χ2n) is 7.10. The van der Waals surface area contributed by atoms with Gasteiger partial charge in [-0.1, -0.05) is 30.7 Å². The molecule has 3 aromatic rings. The number of benzene rings is 2. The molecule has 31 heavy (non-hydrogen) atoms. The molecule has 0 aliphatic heterocycles. The summed E-state index contributed by atoms with van der Waals surface area (Å²) >= 11 is 5.87. The Kier molecular flexibility index (Phi) is 6.87. The number of nitrogens with zero attached hydrogens (tertiary/aromatic N) is 2. The Morgan fingerprint density at radius 3 is 2.45 bits per heavy atom. The Morgan fingerprint density at radius 1 is 1.06 bits per heavy atom. The zero-order chi connectivity index (χ0) is 22.5. The van der Waals surface area contributed by atoms with E-state index in [0.717, 1.165) is 15.8 Å². The van der Waals surface area contributed by atoms with E-state index in [1.165, 1.54) is 6.07 Å². The molecule has 1 aromatic heterocycles. The van der Waals surface area contributed by atoms with Gasteiger partial charge in [0.1, 0.15) is 6.04 Å². The van der Waals surface area contributed by atoms with E-state index >= 15 is 0 Å². The van der Waals surface area contributed by atoms with Gasteiger partial charge < -0.3 is 10.6 Å². The summed E-state index contributed by atoms with van der Waals surface area (Å²) in [5.74, 6) is -0.473. The van der Waals surface area contributed by atoms with Gasteiger partial charge in [-0.3, -0.25) is 14.4 Å². The average Bonchev–Trinajstić information content (AvgIpc) is 2.76. The molecule has 0 saturated heterocycles. The number of hydrogen-bond donors (Lipinski definition) is 2. The molecule has 0 aliphatic rings. The Morgan fingerprint density at radius 2 is 1.77 bits per heavy atom. The highest BCUT2D eigenvalue weighted by molar-refractivity contribution is 6.30. The second-order valence-corrected chi connectivity index (χ2v) is 7.54. The maximum atomic E-state index is 12.7. The molecule has 0 aliphatic carbocycles. The molecule has 0 unspecified atom stereocenters. The minimum atomic E-state index is -0.840. The van der Waals surface area contributed by atoms with Crippen LogP contribution in [0.5, 0.6) is 0 Å². The normalized spacial score (nSPS) is 11.6. The van der Waals surface area contributed by atoms with Gasteiger partial charge in [-0.15, -0.1) is 0 Å². The summed E-state index contributed by atoms with van der Waals surface area (Å²) in [4.78, 5) is 36.8. The van der Waals surface area contributed by atoms with E-state index in [9.17, 15) is 14.4 Å². The van der Waals surface area contributed by atoms with Crippen molar-refractivity contribution in [2.45, 2.75) is 33.2 Å². The SMILES string of the molecule is CCC(=O)Nc1cc(-c2ccc(=O)n([C@H](C)C(=O)Nc3ccc(Cl)cc3)n2)ccc1C. The minimum Gasteiger partial charge on any atom is -0.326 e. The summed E-state index contributed by atoms with van der Waals surface area (Å²) in [5.41, 5.74) is 3.00. The van der Waals surface area contributed by atoms with Gasteiger partial charge in [-0.25, -0.2) is 4.68 Å². The molecule has 0 bridgehead atoms. The molecule has 1 heterocycles. The van der Waals surface area contributed by atoms with Crippen molar-refractivity contribution in [3.8, 4) is 11.3 Å². The first-order valence-electron chi connectivity index (χ1n) is 9.85. The third-order valence-corrected chi connectivity index (χ3v) is 5.06. The highest BCUT2D eigenvalue weighted by atomic mass is 35.5. The quantitative estimate of drug-likeness (QED) is 0.595. The topological polar surface area (TPSA) is 93.1 Å². The number of anilines is 2. The molecular formula is C23H23ClN4O3. The maximum Gasteiger partial charge on any atom is 0.267 e. The van der Waals surface area contributed by atoms with Crippen LogP contribution in [0.2, 0.25) is 5.02 Å². The summed E-state index contributed by atoms with van der Waals surface area (Å²) in [6.45, 7) is 5.28. The standard InChI is InChI=1S/C23H23ClN4O3/c1-4-21(29)26-20-13-16(6-5-14(20)2)19-11-12-22(30)28(27-19)15(3)23(31)25-18-9-7-17(24)8-10-18/h5-13,15H,4H2,1-3H3,(H,25,31)(H,26,29)/t15-/m1/s1. The van der Waals surface area contributed by atoms with Crippen molar-refractivity contribution >= 4 is 34.8 Å². The first-order chi connectivity index (χ1) is 14.8. The van der Waals surface area contributed by atoms with Crippen molar-refractivity contribution in [2.24, 2.45) is 0 Å². The van der Waals surface area contributed by atoms with Crippen LogP contribution in [-0.2, 0) is 9.59 Å². The van der Waals surface area contributed by atoms with Gasteiger partial charge in [-0.2, -0.15) is 5.10 Å². The van der Waals surface area contributed by atoms with Crippen LogP contribution >= 0.6 is 11.6 Å². The molecule has 7 nitrogen and oxygen atoms in total. The third-order valence-electron chi connectivity index (χ3n) is 4.81. The van der Waals surface area contributed by atoms with Crippen LogP contribution in [-0.4, -0.2) is 21.6 Å². The van der Waals surface area contributed by atoms with Crippen LogP contribution in [0.4, 0.5) is 11.4 Å². The summed E-state index contributed by atoms with van der Waals surface area (Å²) in [7, 11) is 0. The number of carbonyl (C=O) groups is 2. The van der Waals surface area contributed by atoms with E-state index < -0.39 is 11.6 Å². The summed E-state index contributed by atoms with van der Waals surface area (Å²) in [6, 6.07) is 14.3. The van der Waals surface area contributed by atoms with Gasteiger partial charge in [0.05, 0.1) is 5.69 Å². The van der Waals surface area contributed by atoms with Crippen molar-refractivity contribution in [2.75, 3.05) is 10.6 Å². The third kappa shape index (κ3) is 5.38. The average molecular weight is 439 g/mol. The van der Waals surface area contributed by atoms with Gasteiger partial charge in [0, 0.05) is 34.4 Å². The van der Waals surface area contributed by atoms with Crippen LogP contribution in [0.1, 0.15) is 31.9 Å². The van der Waals surface area contributed by atoms with E-state index in [2.05, 4.69) is 15.7 Å². The first-order valence-corrected chi connectivity index (χ1v) is 10.2. The van der Waals surface area contributed by atoms with Crippen molar-refractivity contribution in [3.63, 3.8) is 0 Å². The second kappa shape index (κ2) is 9.57. The first kappa shape index (κ1) is 22.2. The van der Waals surface area contributed by atoms with Crippen molar-refractivity contribution in [1.29, 1.82) is 0 Å². The Hall–Kier alpha value is -3.45. The van der Waals surface area contributed by atoms with Crippen LogP contribution in [0.25, 0.3) is 11.3 Å². The zero-order valence-electron chi connectivity index (χ0n) is 17.5. The van der Waals surface area contributed by atoms with E-state index in [0.29, 0.717) is 28.5 Å². The molecule has 0 saturated carbocycles. The van der Waals surface area contributed by atoms with E-state index in [4.69, 9.17) is 11.6 Å². The van der Waals surface area contributed by atoms with Crippen molar-refractivity contribution in [3.05, 3.63) is 75.5 Å². The maximum absolute atomic E-state index is 12.7. The van der Waals surface area contributed by atoms with Crippen LogP contribution < -0.4 is 16.2 Å². The summed E-state index contributed by atoms with van der Waals surface area (Å²) in [5, 5.41) is 10.6. The number of amides is 2. The van der Waals surface area contributed by atoms with Crippen LogP contribution in [0.3, 0.4) is 0 Å². The molecule has 160 valence electrons. The number of nitrogens with one attached hydrogen (secondary N) is 2. The Balaban J connectivity index is 1.88. The lowest BCUT2D eigenvalue weighted by molar-refractivity contribution is -0.119. The van der Waals surface area contributed by atoms with Gasteiger partial charge in [0.15, 0.2) is 0 Å². The number of carbonyl (C=O) groups excluding carboxylic acids is 2. The molecule has 2 N–H and O–H groups in total. The molecule has 8 heteroatoms. The molecule has 2 aromatic carbocycles. The lowest BCUT2D eigenvalue weighted by Gasteiger charge is -2.16. The minimum absolute atomic E-state index is 0.0920. The molecule has 0 radical (unpaired) electrons. The molecule has 0 spiro atoms. The van der Waals surface area contributed by atoms with Crippen LogP contribution in [0.15, 0.2) is 59.4 Å². The molecular weight excluding hydrogens is 416 g/mol. The smallest absolute Gasteiger partial charge is 0.267 e. The molecule has 2 amide bonds. The fourth-order valence-electron chi connectivity index (χ4n) is 2.90. The Bertz CT molecular complexity index is 1170. The highest BCUT2D eigenvalue weighted by Crippen LogP contribution is 2.24. The number of hydrogen-bond acceptors (Lipinski definition) is 4. The lowest BCUT2D eigenvalue weighted by Crippen LogP contribution is -2.33. The van der Waals surface area contributed by atoms with Gasteiger partial charge in [0.2, 0.25) is 11.8 Å². The molecule has 3 rings (SSSR count). The fourth-order valence-corrected chi connectivity index (χ4v) is 3.03. The Labute approximate surface area is 185 Å². The van der Waals surface area contributed by atoms with Crippen molar-refractivity contribution in [1.82, 2.24) is 9.78 Å². The van der Waals surface area contributed by atoms with E-state index in [1.807, 2.05) is 19.1 Å². The van der Waals surface area contributed by atoms with Gasteiger partial charge in [-0.05, 0) is 55.8 Å². The van der Waals surface area contributed by atoms with Crippen LogP contribution in [0, 0.1) is 6.92 Å². The highest BCUT2D eigenvalue weighted by Gasteiger charge is 2.18. The van der Waals surface area contributed by atoms with Gasteiger partial charge in [0.25, 0.3) is 5.56 Å². The number of halogens is 1. The van der Waals surface area contributed by atoms with Crippen molar-refractivity contribution < 1.29 is 9.59 Å². The molecule has 0 fully saturated rings. The number of rotatable bonds is 6. The largest absolute Gasteiger partial charge is 0.326 e. The van der Waals surface area contributed by atoms with E-state index in [1.54, 1.807) is 50.2 Å². The zero-order valence-corrected chi connectivity index (χ0v) is 18.2. The fraction of sp³-hybridized carbons (Fsp3) is 0.217. The number of aryl methyl sites for hydroxylation is 1. The summed E-state index contributed by atoms with van der Waals surface area (Å²) in [6.07, 6.45) is 0.368. The predicted octanol–water partition coefficient (Wildman–Crippen LogP) is 4.42. The number of aromatic nitrogens is 2. The monoisotopic (exact) mass is 438 g/mol. The predicted molar refractivity (Wildman–Crippen MR) is 122 cm³/mol. The van der Waals surface area contributed by atoms with Gasteiger partial charge >= 0.3 is 0 Å². The lowest BCUT2D eigenvalue weighted by atomic mass is 10.1. The molecule has 1 atom stereocenters. The van der Waals surface area contributed by atoms with E-state index in [-0.39, 0.29) is 11.8 Å².